The highest BCUT2D eigenvalue weighted by Crippen LogP contribution is 2.32. The van der Waals surface area contributed by atoms with Crippen LogP contribution in [0.4, 0.5) is 4.39 Å². The van der Waals surface area contributed by atoms with Crippen LogP contribution in [0.15, 0.2) is 66.7 Å². The normalized spacial score (nSPS) is 11.6. The van der Waals surface area contributed by atoms with Crippen LogP contribution in [-0.2, 0) is 6.61 Å². The van der Waals surface area contributed by atoms with Gasteiger partial charge in [0, 0.05) is 11.1 Å². The Morgan fingerprint density at radius 3 is 2.33 bits per heavy atom. The largest absolute Gasteiger partial charge is 0.489 e. The molecule has 1 aliphatic rings. The van der Waals surface area contributed by atoms with Crippen molar-refractivity contribution in [2.75, 3.05) is 6.79 Å². The van der Waals surface area contributed by atoms with Crippen molar-refractivity contribution < 1.29 is 28.2 Å². The van der Waals surface area contributed by atoms with E-state index in [1.165, 1.54) is 18.2 Å². The van der Waals surface area contributed by atoms with Gasteiger partial charge in [-0.3, -0.25) is 20.4 Å². The van der Waals surface area contributed by atoms with Crippen molar-refractivity contribution in [2.45, 2.75) is 6.61 Å². The summed E-state index contributed by atoms with van der Waals surface area (Å²) < 4.78 is 29.0. The number of rotatable bonds is 5. The van der Waals surface area contributed by atoms with Crippen LogP contribution in [0.25, 0.3) is 0 Å². The third kappa shape index (κ3) is 4.49. The number of hydrogen-bond donors (Lipinski definition) is 2. The number of carbonyl (C=O) groups excluding carboxylic acids is 2. The summed E-state index contributed by atoms with van der Waals surface area (Å²) in [5, 5.41) is 0. The van der Waals surface area contributed by atoms with E-state index in [1.54, 1.807) is 48.5 Å². The monoisotopic (exact) mass is 408 g/mol. The molecule has 0 unspecified atom stereocenters. The highest BCUT2D eigenvalue weighted by Gasteiger charge is 2.17. The second kappa shape index (κ2) is 8.52. The van der Waals surface area contributed by atoms with E-state index in [0.717, 1.165) is 5.56 Å². The topological polar surface area (TPSA) is 85.9 Å². The Balaban J connectivity index is 1.33. The highest BCUT2D eigenvalue weighted by molar-refractivity contribution is 5.99. The van der Waals surface area contributed by atoms with Crippen molar-refractivity contribution in [3.63, 3.8) is 0 Å². The van der Waals surface area contributed by atoms with Crippen LogP contribution in [0, 0.1) is 5.82 Å². The van der Waals surface area contributed by atoms with Gasteiger partial charge in [-0.1, -0.05) is 18.2 Å². The number of benzene rings is 3. The van der Waals surface area contributed by atoms with Crippen LogP contribution in [0.2, 0.25) is 0 Å². The van der Waals surface area contributed by atoms with Gasteiger partial charge in [0.1, 0.15) is 18.2 Å². The van der Waals surface area contributed by atoms with Crippen LogP contribution >= 0.6 is 0 Å². The van der Waals surface area contributed by atoms with Crippen molar-refractivity contribution in [3.05, 3.63) is 89.2 Å². The second-order valence-corrected chi connectivity index (χ2v) is 6.42. The Hall–Kier alpha value is -4.07. The predicted octanol–water partition coefficient (Wildman–Crippen LogP) is 3.21. The number of hydrazine groups is 1. The van der Waals surface area contributed by atoms with Crippen LogP contribution in [0.1, 0.15) is 26.3 Å². The molecule has 4 rings (SSSR count). The maximum Gasteiger partial charge on any atom is 0.269 e. The summed E-state index contributed by atoms with van der Waals surface area (Å²) >= 11 is 0. The maximum atomic E-state index is 13.0. The Labute approximate surface area is 171 Å². The van der Waals surface area contributed by atoms with Gasteiger partial charge in [-0.15, -0.1) is 0 Å². The zero-order valence-corrected chi connectivity index (χ0v) is 15.7. The molecule has 3 aromatic rings. The zero-order valence-electron chi connectivity index (χ0n) is 15.7. The van der Waals surface area contributed by atoms with Gasteiger partial charge >= 0.3 is 0 Å². The molecule has 0 radical (unpaired) electrons. The van der Waals surface area contributed by atoms with E-state index in [0.29, 0.717) is 28.4 Å². The Morgan fingerprint density at radius 1 is 0.867 bits per heavy atom. The van der Waals surface area contributed by atoms with E-state index < -0.39 is 11.8 Å². The van der Waals surface area contributed by atoms with Crippen molar-refractivity contribution in [1.82, 2.24) is 10.9 Å². The zero-order chi connectivity index (χ0) is 20.9. The average molecular weight is 408 g/mol. The number of nitrogens with one attached hydrogen (secondary N) is 2. The van der Waals surface area contributed by atoms with Gasteiger partial charge in [0.2, 0.25) is 6.79 Å². The fraction of sp³-hybridized carbons (Fsp3) is 0.0909. The molecule has 2 amide bonds. The third-order valence-corrected chi connectivity index (χ3v) is 4.34. The number of amides is 2. The summed E-state index contributed by atoms with van der Waals surface area (Å²) in [5.41, 5.74) is 6.14. The summed E-state index contributed by atoms with van der Waals surface area (Å²) in [5.74, 6) is 0.184. The van der Waals surface area contributed by atoms with Crippen molar-refractivity contribution in [1.29, 1.82) is 0 Å². The fourth-order valence-electron chi connectivity index (χ4n) is 2.77. The molecule has 7 nitrogen and oxygen atoms in total. The van der Waals surface area contributed by atoms with Gasteiger partial charge in [-0.25, -0.2) is 4.39 Å². The molecule has 0 bridgehead atoms. The third-order valence-electron chi connectivity index (χ3n) is 4.34. The first kappa shape index (κ1) is 19.3. The number of carbonyl (C=O) groups is 2. The molecule has 0 aromatic heterocycles. The lowest BCUT2D eigenvalue weighted by Crippen LogP contribution is -2.41. The minimum Gasteiger partial charge on any atom is -0.489 e. The highest BCUT2D eigenvalue weighted by atomic mass is 19.1. The predicted molar refractivity (Wildman–Crippen MR) is 105 cm³/mol. The van der Waals surface area contributed by atoms with Crippen LogP contribution in [-0.4, -0.2) is 18.6 Å². The van der Waals surface area contributed by atoms with Crippen molar-refractivity contribution in [3.8, 4) is 17.2 Å². The lowest BCUT2D eigenvalue weighted by atomic mass is 10.2. The van der Waals surface area contributed by atoms with Crippen LogP contribution in [0.5, 0.6) is 17.2 Å². The summed E-state index contributed by atoms with van der Waals surface area (Å²) in [6, 6.07) is 17.2. The van der Waals surface area contributed by atoms with Gasteiger partial charge in [0.05, 0.1) is 0 Å². The van der Waals surface area contributed by atoms with Gasteiger partial charge in [-0.2, -0.15) is 0 Å². The first-order valence-electron chi connectivity index (χ1n) is 9.06. The van der Waals surface area contributed by atoms with Gasteiger partial charge in [0.25, 0.3) is 11.8 Å². The Kier molecular flexibility index (Phi) is 5.47. The smallest absolute Gasteiger partial charge is 0.269 e. The van der Waals surface area contributed by atoms with Crippen LogP contribution < -0.4 is 25.1 Å². The SMILES string of the molecule is O=C(NNC(=O)c1ccc2c(c1)OCO2)c1cccc(OCc2ccc(F)cc2)c1. The van der Waals surface area contributed by atoms with E-state index in [9.17, 15) is 14.0 Å². The fourth-order valence-corrected chi connectivity index (χ4v) is 2.77. The van der Waals surface area contributed by atoms with Crippen molar-refractivity contribution >= 4 is 11.8 Å². The summed E-state index contributed by atoms with van der Waals surface area (Å²) in [6.07, 6.45) is 0. The molecule has 152 valence electrons. The lowest BCUT2D eigenvalue weighted by molar-refractivity contribution is 0.0846. The molecule has 2 N–H and O–H groups in total. The molecule has 3 aromatic carbocycles. The summed E-state index contributed by atoms with van der Waals surface area (Å²) in [6.45, 7) is 0.336. The van der Waals surface area contributed by atoms with Gasteiger partial charge in [0.15, 0.2) is 11.5 Å². The Bertz CT molecular complexity index is 1090. The Morgan fingerprint density at radius 2 is 1.57 bits per heavy atom. The minimum absolute atomic E-state index is 0.108. The second-order valence-electron chi connectivity index (χ2n) is 6.42. The van der Waals surface area contributed by atoms with E-state index in [1.807, 2.05) is 0 Å². The summed E-state index contributed by atoms with van der Waals surface area (Å²) in [4.78, 5) is 24.6. The maximum absolute atomic E-state index is 13.0. The quantitative estimate of drug-likeness (QED) is 0.634. The molecular formula is C22H17FN2O5. The van der Waals surface area contributed by atoms with Gasteiger partial charge < -0.3 is 14.2 Å². The first-order valence-corrected chi connectivity index (χ1v) is 9.06. The molecular weight excluding hydrogens is 391 g/mol. The molecule has 30 heavy (non-hydrogen) atoms. The van der Waals surface area contributed by atoms with Crippen molar-refractivity contribution in [2.24, 2.45) is 0 Å². The minimum atomic E-state index is -0.503. The lowest BCUT2D eigenvalue weighted by Gasteiger charge is -2.10. The summed E-state index contributed by atoms with van der Waals surface area (Å²) in [7, 11) is 0. The van der Waals surface area contributed by atoms with E-state index in [2.05, 4.69) is 10.9 Å². The molecule has 1 aliphatic heterocycles. The average Bonchev–Trinajstić information content (AvgIpc) is 3.25. The number of ether oxygens (including phenoxy) is 3. The first-order chi connectivity index (χ1) is 14.6. The number of hydrogen-bond acceptors (Lipinski definition) is 5. The van der Waals surface area contributed by atoms with E-state index in [4.69, 9.17) is 14.2 Å². The molecule has 0 fully saturated rings. The van der Waals surface area contributed by atoms with E-state index >= 15 is 0 Å². The number of fused-ring (bicyclic) bond motifs is 1. The molecule has 0 spiro atoms. The molecule has 8 heteroatoms. The molecule has 0 aliphatic carbocycles. The molecule has 0 atom stereocenters. The number of halogens is 1. The standard InChI is InChI=1S/C22H17FN2O5/c23-17-7-4-14(5-8-17)12-28-18-3-1-2-15(10-18)21(26)24-25-22(27)16-6-9-19-20(11-16)30-13-29-19/h1-11H,12-13H2,(H,24,26)(H,25,27). The van der Waals surface area contributed by atoms with Crippen LogP contribution in [0.3, 0.4) is 0 Å². The van der Waals surface area contributed by atoms with E-state index in [-0.39, 0.29) is 19.2 Å². The van der Waals surface area contributed by atoms with Gasteiger partial charge in [-0.05, 0) is 54.1 Å². The molecule has 1 heterocycles. The molecule has 0 saturated carbocycles. The molecule has 0 saturated heterocycles.